The van der Waals surface area contributed by atoms with Gasteiger partial charge in [-0.25, -0.2) is 9.42 Å². The normalized spacial score (nSPS) is 9.81. The minimum atomic E-state index is -1.48. The molecule has 9 heteroatoms. The van der Waals surface area contributed by atoms with Crippen molar-refractivity contribution < 1.29 is 29.2 Å². The van der Waals surface area contributed by atoms with Crippen molar-refractivity contribution in [3.05, 3.63) is 11.4 Å². The molecule has 16 heavy (non-hydrogen) atoms. The Morgan fingerprint density at radius 2 is 1.81 bits per heavy atom. The molecular weight excluding hydrogens is 222 g/mol. The zero-order valence-corrected chi connectivity index (χ0v) is 8.08. The predicted octanol–water partition coefficient (Wildman–Crippen LogP) is -1.08. The number of carbonyl (C=O) groups excluding carboxylic acids is 1. The van der Waals surface area contributed by atoms with E-state index in [0.29, 0.717) is 0 Å². The number of carboxylic acid groups (broad SMARTS) is 2. The third-order valence-corrected chi connectivity index (χ3v) is 1.61. The predicted molar refractivity (Wildman–Crippen MR) is 45.9 cm³/mol. The molecule has 86 valence electrons. The first kappa shape index (κ1) is 11.6. The van der Waals surface area contributed by atoms with Crippen molar-refractivity contribution in [1.29, 1.82) is 0 Å². The average molecular weight is 229 g/mol. The second-order valence-corrected chi connectivity index (χ2v) is 2.82. The third-order valence-electron chi connectivity index (χ3n) is 1.61. The lowest BCUT2D eigenvalue weighted by Gasteiger charge is -2.11. The molecule has 0 atom stereocenters. The standard InChI is InChI=1S/C7H7N3O6/c1-10(2-3(11)12)6(13)4-5(7(14)15)9-16-8-4/h2H2,1H3,(H,11,12)(H,14,15). The van der Waals surface area contributed by atoms with E-state index in [2.05, 4.69) is 14.9 Å². The zero-order valence-electron chi connectivity index (χ0n) is 8.08. The maximum Gasteiger partial charge on any atom is 0.360 e. The van der Waals surface area contributed by atoms with Crippen molar-refractivity contribution in [2.45, 2.75) is 0 Å². The summed E-state index contributed by atoms with van der Waals surface area (Å²) in [7, 11) is 1.19. The number of hydrogen-bond acceptors (Lipinski definition) is 6. The van der Waals surface area contributed by atoms with Gasteiger partial charge in [0, 0.05) is 7.05 Å². The molecule has 9 nitrogen and oxygen atoms in total. The molecule has 1 aromatic heterocycles. The molecule has 0 saturated carbocycles. The Balaban J connectivity index is 2.92. The van der Waals surface area contributed by atoms with E-state index in [4.69, 9.17) is 10.2 Å². The first-order chi connectivity index (χ1) is 7.43. The van der Waals surface area contributed by atoms with Crippen molar-refractivity contribution >= 4 is 17.8 Å². The quantitative estimate of drug-likeness (QED) is 0.666. The third kappa shape index (κ3) is 2.32. The van der Waals surface area contributed by atoms with E-state index in [-0.39, 0.29) is 0 Å². The van der Waals surface area contributed by atoms with Gasteiger partial charge in [0.2, 0.25) is 11.4 Å². The molecule has 0 fully saturated rings. The monoisotopic (exact) mass is 229 g/mol. The molecule has 0 unspecified atom stereocenters. The topological polar surface area (TPSA) is 134 Å². The fourth-order valence-electron chi connectivity index (χ4n) is 0.925. The summed E-state index contributed by atoms with van der Waals surface area (Å²) < 4.78 is 4.11. The maximum absolute atomic E-state index is 11.5. The molecule has 0 bridgehead atoms. The molecule has 0 aliphatic heterocycles. The Bertz CT molecular complexity index is 439. The van der Waals surface area contributed by atoms with Crippen LogP contribution in [0, 0.1) is 0 Å². The molecule has 0 saturated heterocycles. The minimum Gasteiger partial charge on any atom is -0.480 e. The number of rotatable bonds is 4. The van der Waals surface area contributed by atoms with Crippen molar-refractivity contribution in [2.24, 2.45) is 0 Å². The van der Waals surface area contributed by atoms with Gasteiger partial charge in [0.25, 0.3) is 5.91 Å². The molecule has 0 aliphatic rings. The Hall–Kier alpha value is -2.45. The number of aromatic nitrogens is 2. The summed E-state index contributed by atoms with van der Waals surface area (Å²) in [6.45, 7) is -0.579. The fraction of sp³-hybridized carbons (Fsp3) is 0.286. The van der Waals surface area contributed by atoms with Gasteiger partial charge in [0.1, 0.15) is 6.54 Å². The van der Waals surface area contributed by atoms with Gasteiger partial charge in [-0.15, -0.1) is 0 Å². The molecule has 0 radical (unpaired) electrons. The van der Waals surface area contributed by atoms with Crippen LogP contribution in [0.3, 0.4) is 0 Å². The van der Waals surface area contributed by atoms with Gasteiger partial charge in [-0.05, 0) is 10.3 Å². The molecule has 1 aromatic rings. The smallest absolute Gasteiger partial charge is 0.360 e. The molecule has 0 aliphatic carbocycles. The lowest BCUT2D eigenvalue weighted by atomic mass is 10.3. The van der Waals surface area contributed by atoms with Gasteiger partial charge in [0.05, 0.1) is 0 Å². The SMILES string of the molecule is CN(CC(=O)O)C(=O)c1nonc1C(=O)O. The summed E-state index contributed by atoms with van der Waals surface area (Å²) in [5.74, 6) is -3.60. The molecule has 0 aromatic carbocycles. The van der Waals surface area contributed by atoms with E-state index in [1.807, 2.05) is 0 Å². The van der Waals surface area contributed by atoms with E-state index in [0.717, 1.165) is 4.90 Å². The summed E-state index contributed by atoms with van der Waals surface area (Å²) in [5, 5.41) is 23.2. The molecule has 0 spiro atoms. The zero-order chi connectivity index (χ0) is 12.3. The summed E-state index contributed by atoms with van der Waals surface area (Å²) in [6, 6.07) is 0. The second-order valence-electron chi connectivity index (χ2n) is 2.82. The molecular formula is C7H7N3O6. The highest BCUT2D eigenvalue weighted by Gasteiger charge is 2.26. The van der Waals surface area contributed by atoms with Gasteiger partial charge >= 0.3 is 11.9 Å². The maximum atomic E-state index is 11.5. The number of aromatic carboxylic acids is 1. The van der Waals surface area contributed by atoms with E-state index >= 15 is 0 Å². The Morgan fingerprint density at radius 1 is 1.25 bits per heavy atom. The van der Waals surface area contributed by atoms with Crippen molar-refractivity contribution in [2.75, 3.05) is 13.6 Å². The van der Waals surface area contributed by atoms with Crippen LogP contribution in [0.15, 0.2) is 4.63 Å². The van der Waals surface area contributed by atoms with E-state index in [9.17, 15) is 14.4 Å². The largest absolute Gasteiger partial charge is 0.480 e. The highest BCUT2D eigenvalue weighted by molar-refractivity contribution is 6.02. The van der Waals surface area contributed by atoms with Gasteiger partial charge in [-0.1, -0.05) is 0 Å². The number of likely N-dealkylation sites (N-methyl/N-ethyl adjacent to an activating group) is 1. The van der Waals surface area contributed by atoms with Crippen LogP contribution in [-0.2, 0) is 4.79 Å². The fourth-order valence-corrected chi connectivity index (χ4v) is 0.925. The van der Waals surface area contributed by atoms with Crippen LogP contribution < -0.4 is 0 Å². The number of aliphatic carboxylic acids is 1. The highest BCUT2D eigenvalue weighted by atomic mass is 16.6. The second kappa shape index (κ2) is 4.38. The van der Waals surface area contributed by atoms with Gasteiger partial charge in [-0.3, -0.25) is 9.59 Å². The van der Waals surface area contributed by atoms with Crippen molar-refractivity contribution in [1.82, 2.24) is 15.2 Å². The lowest BCUT2D eigenvalue weighted by Crippen LogP contribution is -2.33. The van der Waals surface area contributed by atoms with Crippen molar-refractivity contribution in [3.63, 3.8) is 0 Å². The molecule has 1 amide bonds. The van der Waals surface area contributed by atoms with Gasteiger partial charge < -0.3 is 15.1 Å². The number of carbonyl (C=O) groups is 3. The lowest BCUT2D eigenvalue weighted by molar-refractivity contribution is -0.137. The van der Waals surface area contributed by atoms with Crippen LogP contribution in [0.25, 0.3) is 0 Å². The van der Waals surface area contributed by atoms with Crippen LogP contribution in [0.5, 0.6) is 0 Å². The average Bonchev–Trinajstić information content (AvgIpc) is 2.63. The Kier molecular flexibility index (Phi) is 3.18. The number of carboxylic acids is 2. The van der Waals surface area contributed by atoms with Crippen LogP contribution in [0.2, 0.25) is 0 Å². The molecule has 1 heterocycles. The Labute approximate surface area is 88.2 Å². The van der Waals surface area contributed by atoms with Gasteiger partial charge in [-0.2, -0.15) is 0 Å². The number of nitrogens with zero attached hydrogens (tertiary/aromatic N) is 3. The number of amides is 1. The first-order valence-corrected chi connectivity index (χ1v) is 3.96. The van der Waals surface area contributed by atoms with Crippen LogP contribution >= 0.6 is 0 Å². The highest BCUT2D eigenvalue weighted by Crippen LogP contribution is 2.05. The number of hydrogen-bond donors (Lipinski definition) is 2. The molecule has 1 rings (SSSR count). The van der Waals surface area contributed by atoms with Crippen LogP contribution in [0.4, 0.5) is 0 Å². The van der Waals surface area contributed by atoms with Crippen LogP contribution in [-0.4, -0.2) is 56.9 Å². The van der Waals surface area contributed by atoms with Crippen LogP contribution in [0.1, 0.15) is 21.0 Å². The summed E-state index contributed by atoms with van der Waals surface area (Å²) >= 11 is 0. The first-order valence-electron chi connectivity index (χ1n) is 3.96. The van der Waals surface area contributed by atoms with E-state index in [1.165, 1.54) is 7.05 Å². The van der Waals surface area contributed by atoms with Gasteiger partial charge in [0.15, 0.2) is 0 Å². The summed E-state index contributed by atoms with van der Waals surface area (Å²) in [4.78, 5) is 33.2. The Morgan fingerprint density at radius 3 is 2.31 bits per heavy atom. The molecule has 2 N–H and O–H groups in total. The van der Waals surface area contributed by atoms with E-state index < -0.39 is 35.8 Å². The van der Waals surface area contributed by atoms with E-state index in [1.54, 1.807) is 0 Å². The summed E-state index contributed by atoms with van der Waals surface area (Å²) in [5.41, 5.74) is -1.18. The minimum absolute atomic E-state index is 0.531. The summed E-state index contributed by atoms with van der Waals surface area (Å²) in [6.07, 6.45) is 0. The van der Waals surface area contributed by atoms with Crippen molar-refractivity contribution in [3.8, 4) is 0 Å².